The molecule has 3 heterocycles. The van der Waals surface area contributed by atoms with Gasteiger partial charge in [-0.15, -0.1) is 5.10 Å². The molecule has 1 aliphatic carbocycles. The van der Waals surface area contributed by atoms with Crippen LogP contribution in [0.15, 0.2) is 46.3 Å². The number of nitrogens with two attached hydrogens (primary N) is 1. The Balaban J connectivity index is 1.56. The van der Waals surface area contributed by atoms with Crippen molar-refractivity contribution in [2.24, 2.45) is 0 Å². The fourth-order valence-corrected chi connectivity index (χ4v) is 4.99. The number of hydrogen-bond acceptors (Lipinski definition) is 8. The Morgan fingerprint density at radius 2 is 2.00 bits per heavy atom. The maximum atomic E-state index is 13.4. The molecule has 0 radical (unpaired) electrons. The topological polar surface area (TPSA) is 104 Å². The third-order valence-corrected chi connectivity index (χ3v) is 6.38. The fourth-order valence-electron chi connectivity index (χ4n) is 4.31. The first-order valence-corrected chi connectivity index (χ1v) is 10.5. The van der Waals surface area contributed by atoms with E-state index in [9.17, 15) is 4.79 Å². The lowest BCUT2D eigenvalue weighted by Crippen LogP contribution is -2.33. The van der Waals surface area contributed by atoms with Crippen molar-refractivity contribution in [3.63, 3.8) is 0 Å². The van der Waals surface area contributed by atoms with E-state index < -0.39 is 0 Å². The number of hydrogen-bond donors (Lipinski definition) is 2. The van der Waals surface area contributed by atoms with Gasteiger partial charge in [-0.3, -0.25) is 4.79 Å². The number of nitrogen functional groups attached to an aromatic ring is 1. The lowest BCUT2D eigenvalue weighted by atomic mass is 9.78. The molecule has 2 aromatic heterocycles. The van der Waals surface area contributed by atoms with Crippen LogP contribution in [0, 0.1) is 0 Å². The van der Waals surface area contributed by atoms with Gasteiger partial charge in [-0.05, 0) is 52.4 Å². The average molecular weight is 423 g/mol. The average Bonchev–Trinajstić information content (AvgIpc) is 3.40. The molecular weight excluding hydrogens is 402 g/mol. The molecule has 30 heavy (non-hydrogen) atoms. The molecule has 0 saturated carbocycles. The number of fused-ring (bicyclic) bond motifs is 1. The fraction of sp³-hybridized carbons (Fsp3) is 0.286. The molecule has 0 saturated heterocycles. The predicted molar refractivity (Wildman–Crippen MR) is 114 cm³/mol. The van der Waals surface area contributed by atoms with Gasteiger partial charge in [0.05, 0.1) is 14.2 Å². The molecule has 0 bridgehead atoms. The molecule has 0 spiro atoms. The number of aromatic nitrogens is 3. The number of carbonyl (C=O) groups is 1. The lowest BCUT2D eigenvalue weighted by molar-refractivity contribution is -0.116. The van der Waals surface area contributed by atoms with E-state index in [2.05, 4.69) is 15.4 Å². The minimum Gasteiger partial charge on any atom is -0.493 e. The van der Waals surface area contributed by atoms with Gasteiger partial charge < -0.3 is 20.5 Å². The van der Waals surface area contributed by atoms with Crippen LogP contribution >= 0.6 is 11.3 Å². The second-order valence-corrected chi connectivity index (χ2v) is 8.14. The molecule has 1 aliphatic heterocycles. The van der Waals surface area contributed by atoms with Gasteiger partial charge in [0.25, 0.3) is 0 Å². The first kappa shape index (κ1) is 18.7. The number of nitrogens with zero attached hydrogens (tertiary/aromatic N) is 3. The maximum Gasteiger partial charge on any atom is 0.241 e. The van der Waals surface area contributed by atoms with E-state index in [1.165, 1.54) is 0 Å². The van der Waals surface area contributed by atoms with Crippen LogP contribution in [0.3, 0.4) is 0 Å². The number of nitrogens with one attached hydrogen (secondary N) is 1. The SMILES string of the molecule is COc1ccc([C@H]2CC(=O)C3=C(C2)Nc2nc(N)nn2[C@H]3c2ccsc2)cc1OC. The van der Waals surface area contributed by atoms with Gasteiger partial charge in [-0.2, -0.15) is 16.3 Å². The Bertz CT molecular complexity index is 1150. The van der Waals surface area contributed by atoms with Crippen LogP contribution in [0.2, 0.25) is 0 Å². The summed E-state index contributed by atoms with van der Waals surface area (Å²) in [6.45, 7) is 0. The highest BCUT2D eigenvalue weighted by molar-refractivity contribution is 7.08. The summed E-state index contributed by atoms with van der Waals surface area (Å²) in [6.07, 6.45) is 1.10. The van der Waals surface area contributed by atoms with Crippen LogP contribution in [-0.2, 0) is 4.79 Å². The highest BCUT2D eigenvalue weighted by atomic mass is 32.1. The molecule has 3 N–H and O–H groups in total. The van der Waals surface area contributed by atoms with E-state index in [1.54, 1.807) is 30.2 Å². The zero-order valence-electron chi connectivity index (χ0n) is 16.6. The van der Waals surface area contributed by atoms with Gasteiger partial charge in [0.1, 0.15) is 6.04 Å². The number of benzene rings is 1. The maximum absolute atomic E-state index is 13.4. The summed E-state index contributed by atoms with van der Waals surface area (Å²) in [5.74, 6) is 2.19. The highest BCUT2D eigenvalue weighted by Gasteiger charge is 2.39. The zero-order valence-corrected chi connectivity index (χ0v) is 17.4. The number of allylic oxidation sites excluding steroid dienone is 2. The van der Waals surface area contributed by atoms with Gasteiger partial charge in [0.15, 0.2) is 17.3 Å². The Kier molecular flexibility index (Phi) is 4.47. The molecule has 0 unspecified atom stereocenters. The summed E-state index contributed by atoms with van der Waals surface area (Å²) >= 11 is 1.59. The summed E-state index contributed by atoms with van der Waals surface area (Å²) in [4.78, 5) is 17.7. The molecule has 1 aromatic carbocycles. The Labute approximate surface area is 177 Å². The summed E-state index contributed by atoms with van der Waals surface area (Å²) in [5.41, 5.74) is 9.53. The number of Topliss-reactive ketones (excluding diaryl/α,β-unsaturated/α-hetero) is 1. The Morgan fingerprint density at radius 3 is 2.73 bits per heavy atom. The molecular formula is C21H21N5O3S. The van der Waals surface area contributed by atoms with Crippen molar-refractivity contribution in [3.8, 4) is 11.5 Å². The molecule has 2 atom stereocenters. The van der Waals surface area contributed by atoms with Crippen LogP contribution in [0.4, 0.5) is 11.9 Å². The van der Waals surface area contributed by atoms with Gasteiger partial charge >= 0.3 is 0 Å². The number of carbonyl (C=O) groups excluding carboxylic acids is 1. The van der Waals surface area contributed by atoms with E-state index in [-0.39, 0.29) is 23.7 Å². The second-order valence-electron chi connectivity index (χ2n) is 7.36. The number of rotatable bonds is 4. The zero-order chi connectivity index (χ0) is 20.8. The molecule has 0 fully saturated rings. The minimum absolute atomic E-state index is 0.0264. The van der Waals surface area contributed by atoms with Crippen molar-refractivity contribution in [1.29, 1.82) is 0 Å². The molecule has 9 heteroatoms. The standard InChI is InChI=1S/C21H21N5O3S/c1-28-16-4-3-11(9-17(16)29-2)13-7-14-18(15(27)8-13)19(12-5-6-30-10-12)26-21(23-14)24-20(22)25-26/h3-6,9-10,13,19H,7-8H2,1-2H3,(H3,22,23,24,25)/t13-,19+/m1/s1. The van der Waals surface area contributed by atoms with Crippen molar-refractivity contribution in [2.75, 3.05) is 25.3 Å². The third kappa shape index (κ3) is 2.93. The van der Waals surface area contributed by atoms with Crippen molar-refractivity contribution in [2.45, 2.75) is 24.8 Å². The van der Waals surface area contributed by atoms with E-state index >= 15 is 0 Å². The van der Waals surface area contributed by atoms with Crippen LogP contribution < -0.4 is 20.5 Å². The molecule has 3 aromatic rings. The molecule has 5 rings (SSSR count). The second kappa shape index (κ2) is 7.17. The van der Waals surface area contributed by atoms with E-state index in [0.717, 1.165) is 22.4 Å². The number of ether oxygens (including phenoxy) is 2. The highest BCUT2D eigenvalue weighted by Crippen LogP contribution is 2.45. The van der Waals surface area contributed by atoms with Crippen molar-refractivity contribution in [3.05, 3.63) is 57.4 Å². The summed E-state index contributed by atoms with van der Waals surface area (Å²) in [6, 6.07) is 7.52. The Morgan fingerprint density at radius 1 is 1.17 bits per heavy atom. The van der Waals surface area contributed by atoms with Gasteiger partial charge in [0.2, 0.25) is 11.9 Å². The number of anilines is 2. The molecule has 154 valence electrons. The van der Waals surface area contributed by atoms with Gasteiger partial charge in [-0.25, -0.2) is 4.68 Å². The molecule has 0 amide bonds. The third-order valence-electron chi connectivity index (χ3n) is 5.67. The Hall–Kier alpha value is -3.33. The van der Waals surface area contributed by atoms with Crippen molar-refractivity contribution >= 4 is 29.0 Å². The lowest BCUT2D eigenvalue weighted by Gasteiger charge is -2.34. The minimum atomic E-state index is -0.314. The van der Waals surface area contributed by atoms with Gasteiger partial charge in [-0.1, -0.05) is 6.07 Å². The van der Waals surface area contributed by atoms with E-state index in [0.29, 0.717) is 30.3 Å². The number of methoxy groups -OCH3 is 2. The predicted octanol–water partition coefficient (Wildman–Crippen LogP) is 3.35. The van der Waals surface area contributed by atoms with Crippen LogP contribution in [0.25, 0.3) is 0 Å². The van der Waals surface area contributed by atoms with Crippen molar-refractivity contribution < 1.29 is 14.3 Å². The molecule has 2 aliphatic rings. The van der Waals surface area contributed by atoms with Crippen LogP contribution in [0.5, 0.6) is 11.5 Å². The smallest absolute Gasteiger partial charge is 0.241 e. The van der Waals surface area contributed by atoms with Crippen molar-refractivity contribution in [1.82, 2.24) is 14.8 Å². The summed E-state index contributed by atoms with van der Waals surface area (Å²) in [7, 11) is 3.22. The molecule has 8 nitrogen and oxygen atoms in total. The van der Waals surface area contributed by atoms with E-state index in [1.807, 2.05) is 35.0 Å². The van der Waals surface area contributed by atoms with E-state index in [4.69, 9.17) is 15.2 Å². The quantitative estimate of drug-likeness (QED) is 0.663. The first-order valence-electron chi connectivity index (χ1n) is 9.58. The first-order chi connectivity index (χ1) is 14.6. The summed E-state index contributed by atoms with van der Waals surface area (Å²) in [5, 5.41) is 11.7. The largest absolute Gasteiger partial charge is 0.493 e. The normalized spacial score (nSPS) is 20.4. The van der Waals surface area contributed by atoms with Crippen LogP contribution in [0.1, 0.15) is 35.9 Å². The number of thiophene rings is 1. The number of ketones is 1. The van der Waals surface area contributed by atoms with Gasteiger partial charge in [0, 0.05) is 17.7 Å². The van der Waals surface area contributed by atoms with Crippen LogP contribution in [-0.4, -0.2) is 34.8 Å². The monoisotopic (exact) mass is 423 g/mol. The summed E-state index contributed by atoms with van der Waals surface area (Å²) < 4.78 is 12.5.